The highest BCUT2D eigenvalue weighted by molar-refractivity contribution is 6.46. The Morgan fingerprint density at radius 1 is 0.925 bits per heavy atom. The minimum Gasteiger partial charge on any atom is -0.507 e. The van der Waals surface area contributed by atoms with E-state index in [1.807, 2.05) is 19.9 Å². The molecule has 3 heterocycles. The van der Waals surface area contributed by atoms with Gasteiger partial charge in [-0.05, 0) is 49.2 Å². The molecule has 10 heteroatoms. The number of aliphatic hydroxyl groups is 1. The van der Waals surface area contributed by atoms with Gasteiger partial charge in [0.15, 0.2) is 23.0 Å². The van der Waals surface area contributed by atoms with Crippen molar-refractivity contribution in [3.05, 3.63) is 53.1 Å². The van der Waals surface area contributed by atoms with Crippen molar-refractivity contribution in [1.29, 1.82) is 0 Å². The summed E-state index contributed by atoms with van der Waals surface area (Å²) in [6.07, 6.45) is 0.838. The lowest BCUT2D eigenvalue weighted by Gasteiger charge is -2.31. The number of aliphatic hydroxyl groups excluding tert-OH is 1. The largest absolute Gasteiger partial charge is 0.507 e. The third-order valence-corrected chi connectivity index (χ3v) is 7.16. The minimum absolute atomic E-state index is 0.0216. The average molecular weight is 553 g/mol. The van der Waals surface area contributed by atoms with Crippen LogP contribution in [0.15, 0.2) is 42.0 Å². The van der Waals surface area contributed by atoms with Crippen molar-refractivity contribution in [3.63, 3.8) is 0 Å². The van der Waals surface area contributed by atoms with E-state index in [4.69, 9.17) is 23.7 Å². The van der Waals surface area contributed by atoms with E-state index >= 15 is 0 Å². The fourth-order valence-corrected chi connectivity index (χ4v) is 5.17. The molecule has 1 unspecified atom stereocenters. The zero-order valence-electron chi connectivity index (χ0n) is 23.0. The second kappa shape index (κ2) is 12.6. The van der Waals surface area contributed by atoms with Crippen LogP contribution >= 0.6 is 0 Å². The number of ketones is 1. The van der Waals surface area contributed by atoms with E-state index in [1.165, 1.54) is 0 Å². The van der Waals surface area contributed by atoms with Gasteiger partial charge in [0.2, 0.25) is 0 Å². The van der Waals surface area contributed by atoms with Crippen LogP contribution in [0.5, 0.6) is 23.0 Å². The van der Waals surface area contributed by atoms with Crippen molar-refractivity contribution >= 4 is 17.4 Å². The number of hydrogen-bond donors (Lipinski definition) is 1. The molecule has 2 aromatic rings. The van der Waals surface area contributed by atoms with Gasteiger partial charge in [-0.2, -0.15) is 0 Å². The van der Waals surface area contributed by atoms with Crippen LogP contribution in [-0.4, -0.2) is 92.4 Å². The fourth-order valence-electron chi connectivity index (χ4n) is 5.17. The summed E-state index contributed by atoms with van der Waals surface area (Å²) < 4.78 is 28.5. The van der Waals surface area contributed by atoms with Gasteiger partial charge in [-0.3, -0.25) is 14.5 Å². The molecule has 2 saturated heterocycles. The van der Waals surface area contributed by atoms with Gasteiger partial charge < -0.3 is 33.7 Å². The molecule has 214 valence electrons. The summed E-state index contributed by atoms with van der Waals surface area (Å²) in [5.41, 5.74) is 1.04. The molecule has 2 aromatic carbocycles. The van der Waals surface area contributed by atoms with Crippen molar-refractivity contribution < 1.29 is 38.4 Å². The first-order valence-electron chi connectivity index (χ1n) is 13.9. The number of amides is 1. The molecule has 0 saturated carbocycles. The molecule has 1 amide bonds. The Morgan fingerprint density at radius 2 is 1.70 bits per heavy atom. The summed E-state index contributed by atoms with van der Waals surface area (Å²) in [5.74, 6) is 0.499. The van der Waals surface area contributed by atoms with Gasteiger partial charge in [0.1, 0.15) is 19.0 Å². The van der Waals surface area contributed by atoms with Crippen molar-refractivity contribution in [1.82, 2.24) is 9.80 Å². The molecular formula is C30H36N2O8. The van der Waals surface area contributed by atoms with Crippen LogP contribution in [0, 0.1) is 0 Å². The van der Waals surface area contributed by atoms with Crippen LogP contribution in [0.3, 0.4) is 0 Å². The molecule has 0 aliphatic carbocycles. The Labute approximate surface area is 234 Å². The highest BCUT2D eigenvalue weighted by atomic mass is 16.6. The zero-order chi connectivity index (χ0) is 28.1. The molecule has 0 aromatic heterocycles. The van der Waals surface area contributed by atoms with Crippen molar-refractivity contribution in [2.24, 2.45) is 0 Å². The Bertz CT molecular complexity index is 1270. The molecule has 1 N–H and O–H groups in total. The monoisotopic (exact) mass is 552 g/mol. The number of hydrogen-bond acceptors (Lipinski definition) is 9. The maximum atomic E-state index is 13.5. The van der Waals surface area contributed by atoms with E-state index < -0.39 is 17.7 Å². The van der Waals surface area contributed by atoms with Crippen LogP contribution in [0.4, 0.5) is 0 Å². The first-order chi connectivity index (χ1) is 19.5. The number of carbonyl (C=O) groups excluding carboxylic acids is 2. The number of rotatable bonds is 10. The third-order valence-electron chi connectivity index (χ3n) is 7.16. The lowest BCUT2D eigenvalue weighted by Crippen LogP contribution is -2.42. The van der Waals surface area contributed by atoms with Gasteiger partial charge in [-0.1, -0.05) is 13.0 Å². The summed E-state index contributed by atoms with van der Waals surface area (Å²) in [5, 5.41) is 11.5. The predicted molar refractivity (Wildman–Crippen MR) is 147 cm³/mol. The molecule has 40 heavy (non-hydrogen) atoms. The number of fused-ring (bicyclic) bond motifs is 1. The number of nitrogens with zero attached hydrogens (tertiary/aromatic N) is 2. The zero-order valence-corrected chi connectivity index (χ0v) is 23.0. The Kier molecular flexibility index (Phi) is 8.76. The molecule has 2 fully saturated rings. The van der Waals surface area contributed by atoms with Crippen molar-refractivity contribution in [2.45, 2.75) is 26.3 Å². The molecule has 10 nitrogen and oxygen atoms in total. The Hall–Kier alpha value is -3.76. The standard InChI is InChI=1S/C30H36N2O8/c1-3-13-38-22-7-5-20(18-24(22)37-4-2)27-26(28(33)21-6-8-23-25(19-21)40-17-16-39-23)29(34)30(35)32(27)10-9-31-11-14-36-15-12-31/h5-8,18-19,27,33H,3-4,9-17H2,1-2H3/b28-26-. The molecule has 0 bridgehead atoms. The number of benzene rings is 2. The summed E-state index contributed by atoms with van der Waals surface area (Å²) >= 11 is 0. The molecule has 1 atom stereocenters. The van der Waals surface area contributed by atoms with Crippen molar-refractivity contribution in [3.8, 4) is 23.0 Å². The number of Topliss-reactive ketones (excluding diaryl/α,β-unsaturated/α-hetero) is 1. The number of carbonyl (C=O) groups is 2. The Morgan fingerprint density at radius 3 is 2.45 bits per heavy atom. The fraction of sp³-hybridized carbons (Fsp3) is 0.467. The second-order valence-corrected chi connectivity index (χ2v) is 9.79. The van der Waals surface area contributed by atoms with Crippen LogP contribution in [-0.2, 0) is 14.3 Å². The number of morpholine rings is 1. The summed E-state index contributed by atoms with van der Waals surface area (Å²) in [6, 6.07) is 9.59. The van der Waals surface area contributed by atoms with Crippen LogP contribution < -0.4 is 18.9 Å². The second-order valence-electron chi connectivity index (χ2n) is 9.79. The summed E-state index contributed by atoms with van der Waals surface area (Å²) in [6.45, 7) is 9.32. The SMILES string of the molecule is CCCOc1ccc(C2/C(=C(/O)c3ccc4c(c3)OCCO4)C(=O)C(=O)N2CCN2CCOCC2)cc1OCC. The van der Waals surface area contributed by atoms with E-state index in [2.05, 4.69) is 4.90 Å². The molecular weight excluding hydrogens is 516 g/mol. The van der Waals surface area contributed by atoms with Gasteiger partial charge in [0, 0.05) is 31.7 Å². The molecule has 5 rings (SSSR count). The number of likely N-dealkylation sites (tertiary alicyclic amines) is 1. The Balaban J connectivity index is 1.56. The molecule has 3 aliphatic rings. The van der Waals surface area contributed by atoms with Gasteiger partial charge in [-0.25, -0.2) is 0 Å². The lowest BCUT2D eigenvalue weighted by atomic mass is 9.94. The average Bonchev–Trinajstić information content (AvgIpc) is 3.24. The van der Waals surface area contributed by atoms with Gasteiger partial charge in [0.25, 0.3) is 11.7 Å². The van der Waals surface area contributed by atoms with Crippen molar-refractivity contribution in [2.75, 3.05) is 65.8 Å². The lowest BCUT2D eigenvalue weighted by molar-refractivity contribution is -0.140. The van der Waals surface area contributed by atoms with E-state index in [-0.39, 0.29) is 11.3 Å². The number of ether oxygens (including phenoxy) is 5. The van der Waals surface area contributed by atoms with Crippen LogP contribution in [0.25, 0.3) is 5.76 Å². The maximum absolute atomic E-state index is 13.5. The van der Waals surface area contributed by atoms with Gasteiger partial charge in [0.05, 0.1) is 38.0 Å². The molecule has 3 aliphatic heterocycles. The topological polar surface area (TPSA) is 107 Å². The maximum Gasteiger partial charge on any atom is 0.295 e. The van der Waals surface area contributed by atoms with E-state index in [9.17, 15) is 14.7 Å². The first-order valence-corrected chi connectivity index (χ1v) is 13.9. The summed E-state index contributed by atoms with van der Waals surface area (Å²) in [7, 11) is 0. The van der Waals surface area contributed by atoms with Gasteiger partial charge >= 0.3 is 0 Å². The van der Waals surface area contributed by atoms with Gasteiger partial charge in [-0.15, -0.1) is 0 Å². The minimum atomic E-state index is -0.811. The van der Waals surface area contributed by atoms with E-state index in [0.717, 1.165) is 19.5 Å². The highest BCUT2D eigenvalue weighted by Crippen LogP contribution is 2.43. The normalized spacial score (nSPS) is 20.6. The first kappa shape index (κ1) is 27.8. The predicted octanol–water partition coefficient (Wildman–Crippen LogP) is 3.40. The molecule has 0 spiro atoms. The van der Waals surface area contributed by atoms with E-state index in [1.54, 1.807) is 35.2 Å². The summed E-state index contributed by atoms with van der Waals surface area (Å²) in [4.78, 5) is 30.7. The van der Waals surface area contributed by atoms with Crippen LogP contribution in [0.2, 0.25) is 0 Å². The molecule has 0 radical (unpaired) electrons. The van der Waals surface area contributed by atoms with E-state index in [0.29, 0.717) is 86.9 Å². The quantitative estimate of drug-likeness (QED) is 0.270. The smallest absolute Gasteiger partial charge is 0.295 e. The third kappa shape index (κ3) is 5.73. The van der Waals surface area contributed by atoms with Crippen LogP contribution in [0.1, 0.15) is 37.4 Å². The highest BCUT2D eigenvalue weighted by Gasteiger charge is 2.46.